The van der Waals surface area contributed by atoms with Crippen molar-refractivity contribution in [2.24, 2.45) is 0 Å². The minimum Gasteiger partial charge on any atom is -0.475 e. The van der Waals surface area contributed by atoms with Crippen molar-refractivity contribution >= 4 is 5.97 Å². The quantitative estimate of drug-likeness (QED) is 0.900. The highest BCUT2D eigenvalue weighted by Crippen LogP contribution is 2.23. The summed E-state index contributed by atoms with van der Waals surface area (Å²) < 4.78 is 1.54. The van der Waals surface area contributed by atoms with Crippen LogP contribution in [0.2, 0.25) is 0 Å². The largest absolute Gasteiger partial charge is 0.475 e. The molecule has 0 amide bonds. The van der Waals surface area contributed by atoms with E-state index in [1.165, 1.54) is 10.2 Å². The van der Waals surface area contributed by atoms with E-state index >= 15 is 0 Å². The molecule has 0 saturated carbocycles. The Hall–Kier alpha value is -2.17. The van der Waals surface area contributed by atoms with Crippen molar-refractivity contribution in [2.45, 2.75) is 33.1 Å². The predicted molar refractivity (Wildman–Crippen MR) is 71.8 cm³/mol. The number of aromatic carboxylic acids is 1. The Bertz CT molecular complexity index is 607. The van der Waals surface area contributed by atoms with Gasteiger partial charge in [-0.15, -0.1) is 5.10 Å². The Kier molecular flexibility index (Phi) is 3.14. The molecule has 2 aromatic rings. The third kappa shape index (κ3) is 2.65. The molecule has 0 atom stereocenters. The zero-order valence-electron chi connectivity index (χ0n) is 11.5. The van der Waals surface area contributed by atoms with Crippen LogP contribution in [-0.2, 0) is 5.41 Å². The molecule has 100 valence electrons. The maximum atomic E-state index is 10.8. The highest BCUT2D eigenvalue weighted by molar-refractivity contribution is 5.83. The lowest BCUT2D eigenvalue weighted by Gasteiger charge is -2.19. The molecular formula is C14H17N3O2. The fourth-order valence-electron chi connectivity index (χ4n) is 1.83. The monoisotopic (exact) mass is 259 g/mol. The van der Waals surface area contributed by atoms with Crippen molar-refractivity contribution in [2.75, 3.05) is 0 Å². The molecule has 5 heteroatoms. The average Bonchev–Trinajstić information content (AvgIpc) is 2.70. The summed E-state index contributed by atoms with van der Waals surface area (Å²) in [5.74, 6) is -0.744. The molecule has 0 aliphatic heterocycles. The average molecular weight is 259 g/mol. The molecule has 0 spiro atoms. The molecule has 1 aromatic carbocycles. The van der Waals surface area contributed by atoms with E-state index in [4.69, 9.17) is 5.11 Å². The van der Waals surface area contributed by atoms with Crippen LogP contribution < -0.4 is 0 Å². The van der Waals surface area contributed by atoms with Crippen LogP contribution in [0.4, 0.5) is 0 Å². The van der Waals surface area contributed by atoms with Gasteiger partial charge in [-0.1, -0.05) is 32.9 Å². The van der Waals surface area contributed by atoms with Gasteiger partial charge in [0.1, 0.15) is 5.82 Å². The van der Waals surface area contributed by atoms with Crippen molar-refractivity contribution < 1.29 is 9.90 Å². The summed E-state index contributed by atoms with van der Waals surface area (Å²) in [5.41, 5.74) is 2.11. The van der Waals surface area contributed by atoms with Crippen LogP contribution in [-0.4, -0.2) is 25.8 Å². The molecular weight excluding hydrogens is 242 g/mol. The first kappa shape index (κ1) is 13.3. The molecule has 1 heterocycles. The van der Waals surface area contributed by atoms with Gasteiger partial charge < -0.3 is 5.11 Å². The number of carboxylic acids is 1. The van der Waals surface area contributed by atoms with Crippen LogP contribution in [0.5, 0.6) is 0 Å². The Morgan fingerprint density at radius 2 is 1.79 bits per heavy atom. The van der Waals surface area contributed by atoms with E-state index in [9.17, 15) is 4.79 Å². The molecule has 0 saturated heterocycles. The van der Waals surface area contributed by atoms with Gasteiger partial charge in [-0.2, -0.15) is 0 Å². The first-order valence-corrected chi connectivity index (χ1v) is 6.07. The molecule has 0 unspecified atom stereocenters. The lowest BCUT2D eigenvalue weighted by molar-refractivity contribution is 0.0683. The summed E-state index contributed by atoms with van der Waals surface area (Å²) in [5, 5.41) is 12.9. The van der Waals surface area contributed by atoms with E-state index in [2.05, 4.69) is 30.9 Å². The SMILES string of the molecule is Cc1nc(C(=O)O)nn1-c1ccc(C(C)(C)C)cc1. The lowest BCUT2D eigenvalue weighted by Crippen LogP contribution is -2.11. The predicted octanol–water partition coefficient (Wildman–Crippen LogP) is 2.57. The summed E-state index contributed by atoms with van der Waals surface area (Å²) in [6.07, 6.45) is 0. The highest BCUT2D eigenvalue weighted by Gasteiger charge is 2.16. The Morgan fingerprint density at radius 3 is 2.21 bits per heavy atom. The highest BCUT2D eigenvalue weighted by atomic mass is 16.4. The number of hydrogen-bond donors (Lipinski definition) is 1. The maximum absolute atomic E-state index is 10.8. The molecule has 0 aliphatic carbocycles. The normalized spacial score (nSPS) is 11.6. The fraction of sp³-hybridized carbons (Fsp3) is 0.357. The first-order valence-electron chi connectivity index (χ1n) is 6.07. The maximum Gasteiger partial charge on any atom is 0.375 e. The van der Waals surface area contributed by atoms with E-state index in [1.807, 2.05) is 24.3 Å². The molecule has 0 fully saturated rings. The van der Waals surface area contributed by atoms with Crippen LogP contribution in [0.3, 0.4) is 0 Å². The molecule has 1 N–H and O–H groups in total. The number of aryl methyl sites for hydroxylation is 1. The number of aromatic nitrogens is 3. The molecule has 0 bridgehead atoms. The molecule has 0 aliphatic rings. The van der Waals surface area contributed by atoms with Crippen LogP contribution in [0.1, 0.15) is 42.8 Å². The smallest absolute Gasteiger partial charge is 0.375 e. The van der Waals surface area contributed by atoms with Gasteiger partial charge in [-0.25, -0.2) is 14.5 Å². The van der Waals surface area contributed by atoms with Gasteiger partial charge in [0, 0.05) is 0 Å². The third-order valence-electron chi connectivity index (χ3n) is 2.94. The fourth-order valence-corrected chi connectivity index (χ4v) is 1.83. The second-order valence-electron chi connectivity index (χ2n) is 5.50. The standard InChI is InChI=1S/C14H17N3O2/c1-9-15-12(13(18)19)16-17(9)11-7-5-10(6-8-11)14(2,3)4/h5-8H,1-4H3,(H,18,19). The topological polar surface area (TPSA) is 68.0 Å². The third-order valence-corrected chi connectivity index (χ3v) is 2.94. The number of carboxylic acid groups (broad SMARTS) is 1. The minimum atomic E-state index is -1.12. The van der Waals surface area contributed by atoms with Crippen LogP contribution >= 0.6 is 0 Å². The van der Waals surface area contributed by atoms with E-state index < -0.39 is 5.97 Å². The molecule has 2 rings (SSSR count). The van der Waals surface area contributed by atoms with Crippen LogP contribution in [0.25, 0.3) is 5.69 Å². The number of carbonyl (C=O) groups is 1. The van der Waals surface area contributed by atoms with Gasteiger partial charge in [-0.05, 0) is 30.0 Å². The van der Waals surface area contributed by atoms with Gasteiger partial charge in [0.15, 0.2) is 0 Å². The first-order chi connectivity index (χ1) is 8.79. The second-order valence-corrected chi connectivity index (χ2v) is 5.50. The number of hydrogen-bond acceptors (Lipinski definition) is 3. The summed E-state index contributed by atoms with van der Waals surface area (Å²) in [4.78, 5) is 14.8. The number of nitrogens with zero attached hydrogens (tertiary/aromatic N) is 3. The van der Waals surface area contributed by atoms with Crippen molar-refractivity contribution in [3.63, 3.8) is 0 Å². The van der Waals surface area contributed by atoms with Gasteiger partial charge >= 0.3 is 5.97 Å². The van der Waals surface area contributed by atoms with Crippen molar-refractivity contribution in [1.29, 1.82) is 0 Å². The summed E-state index contributed by atoms with van der Waals surface area (Å²) >= 11 is 0. The second kappa shape index (κ2) is 4.50. The Labute approximate surface area is 111 Å². The Balaban J connectivity index is 2.40. The zero-order chi connectivity index (χ0) is 14.2. The zero-order valence-corrected chi connectivity index (χ0v) is 11.5. The lowest BCUT2D eigenvalue weighted by atomic mass is 9.87. The molecule has 19 heavy (non-hydrogen) atoms. The molecule has 5 nitrogen and oxygen atoms in total. The van der Waals surface area contributed by atoms with Crippen LogP contribution in [0.15, 0.2) is 24.3 Å². The van der Waals surface area contributed by atoms with Gasteiger partial charge in [0.05, 0.1) is 5.69 Å². The van der Waals surface area contributed by atoms with Gasteiger partial charge in [0.25, 0.3) is 5.82 Å². The van der Waals surface area contributed by atoms with Gasteiger partial charge in [-0.3, -0.25) is 0 Å². The van der Waals surface area contributed by atoms with Crippen molar-refractivity contribution in [3.8, 4) is 5.69 Å². The van der Waals surface area contributed by atoms with Crippen LogP contribution in [0, 0.1) is 6.92 Å². The molecule has 1 aromatic heterocycles. The molecule has 0 radical (unpaired) electrons. The van der Waals surface area contributed by atoms with E-state index in [0.717, 1.165) is 5.69 Å². The summed E-state index contributed by atoms with van der Waals surface area (Å²) in [7, 11) is 0. The minimum absolute atomic E-state index is 0.0855. The van der Waals surface area contributed by atoms with Gasteiger partial charge in [0.2, 0.25) is 0 Å². The summed E-state index contributed by atoms with van der Waals surface area (Å²) in [6.45, 7) is 8.17. The Morgan fingerprint density at radius 1 is 1.21 bits per heavy atom. The summed E-state index contributed by atoms with van der Waals surface area (Å²) in [6, 6.07) is 7.90. The number of benzene rings is 1. The van der Waals surface area contributed by atoms with E-state index in [-0.39, 0.29) is 11.2 Å². The van der Waals surface area contributed by atoms with E-state index in [0.29, 0.717) is 5.82 Å². The van der Waals surface area contributed by atoms with E-state index in [1.54, 1.807) is 6.92 Å². The number of rotatable bonds is 2. The van der Waals surface area contributed by atoms with Crippen molar-refractivity contribution in [3.05, 3.63) is 41.5 Å². The van der Waals surface area contributed by atoms with Crippen molar-refractivity contribution in [1.82, 2.24) is 14.8 Å².